The first-order valence-corrected chi connectivity index (χ1v) is 7.45. The lowest BCUT2D eigenvalue weighted by atomic mass is 10.1. The third-order valence-corrected chi connectivity index (χ3v) is 5.05. The fourth-order valence-corrected chi connectivity index (χ4v) is 3.79. The summed E-state index contributed by atoms with van der Waals surface area (Å²) < 4.78 is 0. The van der Waals surface area contributed by atoms with Gasteiger partial charge in [0.15, 0.2) is 0 Å². The normalized spacial score (nSPS) is 24.9. The van der Waals surface area contributed by atoms with E-state index in [0.29, 0.717) is 5.06 Å². The van der Waals surface area contributed by atoms with Gasteiger partial charge < -0.3 is 4.84 Å². The molecular formula is C14H13NO4S. The third kappa shape index (κ3) is 2.00. The molecule has 0 aliphatic carbocycles. The number of rotatable bonds is 2. The van der Waals surface area contributed by atoms with E-state index in [1.54, 1.807) is 24.3 Å². The van der Waals surface area contributed by atoms with Crippen molar-refractivity contribution in [3.8, 4) is 0 Å². The standard InChI is InChI=1S/C14H13NO4S/c1-8-6-7-20-11(8)14(18)19-15-12(16)9-4-2-3-5-10(9)13(15)17/h2-5,8,11H,6-7H2,1H3. The molecule has 2 atom stereocenters. The first kappa shape index (κ1) is 13.2. The molecule has 0 saturated carbocycles. The van der Waals surface area contributed by atoms with Crippen molar-refractivity contribution in [1.29, 1.82) is 0 Å². The lowest BCUT2D eigenvalue weighted by Crippen LogP contribution is -2.36. The summed E-state index contributed by atoms with van der Waals surface area (Å²) in [5.41, 5.74) is 0.551. The first-order chi connectivity index (χ1) is 9.59. The monoisotopic (exact) mass is 291 g/mol. The zero-order valence-electron chi connectivity index (χ0n) is 10.9. The second-order valence-electron chi connectivity index (χ2n) is 4.92. The molecule has 1 aromatic rings. The highest BCUT2D eigenvalue weighted by Gasteiger charge is 2.41. The van der Waals surface area contributed by atoms with Crippen molar-refractivity contribution < 1.29 is 19.2 Å². The molecule has 0 aromatic heterocycles. The molecule has 0 bridgehead atoms. The molecular weight excluding hydrogens is 278 g/mol. The Morgan fingerprint density at radius 2 is 1.85 bits per heavy atom. The molecule has 0 radical (unpaired) electrons. The van der Waals surface area contributed by atoms with Gasteiger partial charge in [-0.1, -0.05) is 24.1 Å². The van der Waals surface area contributed by atoms with Crippen LogP contribution < -0.4 is 0 Å². The van der Waals surface area contributed by atoms with Crippen LogP contribution in [0.3, 0.4) is 0 Å². The molecule has 2 heterocycles. The van der Waals surface area contributed by atoms with Crippen molar-refractivity contribution in [2.24, 2.45) is 5.92 Å². The number of imide groups is 1. The summed E-state index contributed by atoms with van der Waals surface area (Å²) in [4.78, 5) is 41.2. The molecule has 0 N–H and O–H groups in total. The number of hydrogen-bond acceptors (Lipinski definition) is 5. The highest BCUT2D eigenvalue weighted by molar-refractivity contribution is 8.00. The minimum absolute atomic E-state index is 0.197. The number of hydroxylamine groups is 2. The summed E-state index contributed by atoms with van der Waals surface area (Å²) in [6, 6.07) is 6.45. The zero-order valence-corrected chi connectivity index (χ0v) is 11.7. The molecule has 1 fully saturated rings. The molecule has 2 unspecified atom stereocenters. The Hall–Kier alpha value is -1.82. The van der Waals surface area contributed by atoms with Crippen molar-refractivity contribution >= 4 is 29.5 Å². The van der Waals surface area contributed by atoms with Crippen LogP contribution in [0.1, 0.15) is 34.1 Å². The molecule has 20 heavy (non-hydrogen) atoms. The van der Waals surface area contributed by atoms with Gasteiger partial charge in [-0.3, -0.25) is 9.59 Å². The minimum atomic E-state index is -0.574. The number of amides is 2. The van der Waals surface area contributed by atoms with Crippen molar-refractivity contribution in [3.63, 3.8) is 0 Å². The van der Waals surface area contributed by atoms with Crippen molar-refractivity contribution in [3.05, 3.63) is 35.4 Å². The number of fused-ring (bicyclic) bond motifs is 1. The van der Waals surface area contributed by atoms with Crippen molar-refractivity contribution in [2.75, 3.05) is 5.75 Å². The average Bonchev–Trinajstić information content (AvgIpc) is 2.97. The van der Waals surface area contributed by atoms with Gasteiger partial charge in [0.1, 0.15) is 5.25 Å². The summed E-state index contributed by atoms with van der Waals surface area (Å²) in [5.74, 6) is -0.579. The predicted octanol–water partition coefficient (Wildman–Crippen LogP) is 1.88. The molecule has 5 nitrogen and oxygen atoms in total. The highest BCUT2D eigenvalue weighted by Crippen LogP contribution is 2.33. The number of carbonyl (C=O) groups is 3. The molecule has 2 aliphatic heterocycles. The molecule has 3 rings (SSSR count). The Labute approximate surface area is 120 Å². The maximum Gasteiger partial charge on any atom is 0.346 e. The summed E-state index contributed by atoms with van der Waals surface area (Å²) >= 11 is 1.50. The van der Waals surface area contributed by atoms with E-state index >= 15 is 0 Å². The fraction of sp³-hybridized carbons (Fsp3) is 0.357. The van der Waals surface area contributed by atoms with Gasteiger partial charge >= 0.3 is 5.97 Å². The SMILES string of the molecule is CC1CCSC1C(=O)ON1C(=O)c2ccccc2C1=O. The second-order valence-corrected chi connectivity index (χ2v) is 6.17. The van der Waals surface area contributed by atoms with Gasteiger partial charge in [0.05, 0.1) is 11.1 Å². The summed E-state index contributed by atoms with van der Waals surface area (Å²) in [5, 5.41) is 0.276. The van der Waals surface area contributed by atoms with Gasteiger partial charge in [-0.25, -0.2) is 4.79 Å². The van der Waals surface area contributed by atoms with E-state index in [1.165, 1.54) is 11.8 Å². The Kier molecular flexibility index (Phi) is 3.25. The van der Waals surface area contributed by atoms with Crippen LogP contribution >= 0.6 is 11.8 Å². The van der Waals surface area contributed by atoms with E-state index < -0.39 is 17.8 Å². The first-order valence-electron chi connectivity index (χ1n) is 6.41. The van der Waals surface area contributed by atoms with Crippen LogP contribution in [0, 0.1) is 5.92 Å². The van der Waals surface area contributed by atoms with Gasteiger partial charge in [0.2, 0.25) is 0 Å². The smallest absolute Gasteiger partial charge is 0.328 e. The maximum absolute atomic E-state index is 12.1. The Morgan fingerprint density at radius 3 is 2.35 bits per heavy atom. The lowest BCUT2D eigenvalue weighted by molar-refractivity contribution is -0.168. The highest BCUT2D eigenvalue weighted by atomic mass is 32.2. The van der Waals surface area contributed by atoms with Gasteiger partial charge in [-0.15, -0.1) is 11.8 Å². The topological polar surface area (TPSA) is 63.7 Å². The van der Waals surface area contributed by atoms with Gasteiger partial charge in [-0.2, -0.15) is 0 Å². The molecule has 2 aliphatic rings. The van der Waals surface area contributed by atoms with Crippen LogP contribution in [0.5, 0.6) is 0 Å². The van der Waals surface area contributed by atoms with E-state index in [2.05, 4.69) is 0 Å². The van der Waals surface area contributed by atoms with Gasteiger partial charge in [0.25, 0.3) is 11.8 Å². The Balaban J connectivity index is 1.78. The fourth-order valence-electron chi connectivity index (χ4n) is 2.39. The predicted molar refractivity (Wildman–Crippen MR) is 73.1 cm³/mol. The molecule has 2 amide bonds. The minimum Gasteiger partial charge on any atom is -0.328 e. The molecule has 0 spiro atoms. The van der Waals surface area contributed by atoms with Crippen molar-refractivity contribution in [1.82, 2.24) is 5.06 Å². The molecule has 1 saturated heterocycles. The Morgan fingerprint density at radius 1 is 1.25 bits per heavy atom. The van der Waals surface area contributed by atoms with Crippen LogP contribution in [0.2, 0.25) is 0 Å². The quantitative estimate of drug-likeness (QED) is 0.779. The van der Waals surface area contributed by atoms with Gasteiger partial charge in [0, 0.05) is 0 Å². The third-order valence-electron chi connectivity index (χ3n) is 3.56. The number of nitrogens with zero attached hydrogens (tertiary/aromatic N) is 1. The van der Waals surface area contributed by atoms with Gasteiger partial charge in [-0.05, 0) is 30.2 Å². The van der Waals surface area contributed by atoms with Crippen LogP contribution in [-0.2, 0) is 9.63 Å². The molecule has 104 valence electrons. The average molecular weight is 291 g/mol. The number of hydrogen-bond donors (Lipinski definition) is 0. The number of benzene rings is 1. The number of thioether (sulfide) groups is 1. The Bertz CT molecular complexity index is 566. The van der Waals surface area contributed by atoms with E-state index in [-0.39, 0.29) is 22.3 Å². The molecule has 1 aromatic carbocycles. The summed E-state index contributed by atoms with van der Waals surface area (Å²) in [6.07, 6.45) is 0.937. The molecule has 6 heteroatoms. The van der Waals surface area contributed by atoms with E-state index in [0.717, 1.165) is 12.2 Å². The lowest BCUT2D eigenvalue weighted by Gasteiger charge is -2.17. The number of carbonyl (C=O) groups excluding carboxylic acids is 3. The van der Waals surface area contributed by atoms with E-state index in [4.69, 9.17) is 4.84 Å². The van der Waals surface area contributed by atoms with E-state index in [9.17, 15) is 14.4 Å². The second kappa shape index (κ2) is 4.94. The van der Waals surface area contributed by atoms with Crippen LogP contribution in [-0.4, -0.2) is 33.8 Å². The maximum atomic E-state index is 12.1. The zero-order chi connectivity index (χ0) is 14.3. The summed E-state index contributed by atoms with van der Waals surface area (Å²) in [6.45, 7) is 1.97. The summed E-state index contributed by atoms with van der Waals surface area (Å²) in [7, 11) is 0. The van der Waals surface area contributed by atoms with Crippen molar-refractivity contribution in [2.45, 2.75) is 18.6 Å². The van der Waals surface area contributed by atoms with Crippen LogP contribution in [0.25, 0.3) is 0 Å². The van der Waals surface area contributed by atoms with E-state index in [1.807, 2.05) is 6.92 Å². The van der Waals surface area contributed by atoms with Crippen LogP contribution in [0.4, 0.5) is 0 Å². The largest absolute Gasteiger partial charge is 0.346 e. The van der Waals surface area contributed by atoms with Crippen LogP contribution in [0.15, 0.2) is 24.3 Å².